The van der Waals surface area contributed by atoms with Crippen LogP contribution in [-0.2, 0) is 9.53 Å². The first kappa shape index (κ1) is 21.7. The Hall–Kier alpha value is -3.52. The number of nitrogens with zero attached hydrogens (tertiary/aromatic N) is 2. The molecule has 2 aromatic carbocycles. The van der Waals surface area contributed by atoms with Gasteiger partial charge in [-0.25, -0.2) is 13.6 Å². The van der Waals surface area contributed by atoms with Gasteiger partial charge >= 0.3 is 5.97 Å². The molecule has 0 aliphatic carbocycles. The molecule has 0 N–H and O–H groups in total. The van der Waals surface area contributed by atoms with Gasteiger partial charge in [0.1, 0.15) is 23.4 Å². The molecule has 0 bridgehead atoms. The van der Waals surface area contributed by atoms with Gasteiger partial charge in [0.25, 0.3) is 5.91 Å². The molecular formula is C24H22F2N2O4. The van der Waals surface area contributed by atoms with Gasteiger partial charge < -0.3 is 14.1 Å². The van der Waals surface area contributed by atoms with Crippen molar-refractivity contribution in [3.8, 4) is 11.3 Å². The molecule has 3 aromatic rings. The number of halogens is 2. The smallest absolute Gasteiger partial charge is 0.327 e. The van der Waals surface area contributed by atoms with Crippen molar-refractivity contribution < 1.29 is 27.5 Å². The van der Waals surface area contributed by atoms with Crippen LogP contribution in [0.25, 0.3) is 11.3 Å². The highest BCUT2D eigenvalue weighted by atomic mass is 19.1. The summed E-state index contributed by atoms with van der Waals surface area (Å²) in [6.07, 6.45) is 0. The number of amides is 1. The van der Waals surface area contributed by atoms with Crippen molar-refractivity contribution in [2.75, 3.05) is 33.3 Å². The topological polar surface area (TPSA) is 63.0 Å². The minimum Gasteiger partial charge on any atom is -0.468 e. The van der Waals surface area contributed by atoms with E-state index in [2.05, 4.69) is 0 Å². The van der Waals surface area contributed by atoms with Crippen molar-refractivity contribution in [2.24, 2.45) is 0 Å². The fourth-order valence-corrected chi connectivity index (χ4v) is 3.81. The third-order valence-electron chi connectivity index (χ3n) is 5.52. The largest absolute Gasteiger partial charge is 0.468 e. The zero-order valence-corrected chi connectivity index (χ0v) is 17.5. The maximum absolute atomic E-state index is 13.3. The first-order chi connectivity index (χ1) is 15.5. The summed E-state index contributed by atoms with van der Waals surface area (Å²) in [5, 5.41) is 0. The number of rotatable bonds is 5. The molecule has 8 heteroatoms. The lowest BCUT2D eigenvalue weighted by atomic mass is 10.0. The fourth-order valence-electron chi connectivity index (χ4n) is 3.81. The lowest BCUT2D eigenvalue weighted by molar-refractivity contribution is -0.148. The number of hydrogen-bond donors (Lipinski definition) is 0. The second-order valence-corrected chi connectivity index (χ2v) is 7.48. The highest BCUT2D eigenvalue weighted by Gasteiger charge is 2.33. The molecule has 0 radical (unpaired) electrons. The molecule has 166 valence electrons. The van der Waals surface area contributed by atoms with Gasteiger partial charge in [0, 0.05) is 31.7 Å². The molecule has 2 heterocycles. The van der Waals surface area contributed by atoms with Crippen molar-refractivity contribution >= 4 is 11.9 Å². The van der Waals surface area contributed by atoms with Gasteiger partial charge in [-0.2, -0.15) is 0 Å². The summed E-state index contributed by atoms with van der Waals surface area (Å²) >= 11 is 0. The predicted molar refractivity (Wildman–Crippen MR) is 113 cm³/mol. The Morgan fingerprint density at radius 1 is 0.875 bits per heavy atom. The van der Waals surface area contributed by atoms with E-state index in [1.54, 1.807) is 41.3 Å². The van der Waals surface area contributed by atoms with E-state index in [0.717, 1.165) is 0 Å². The highest BCUT2D eigenvalue weighted by Crippen LogP contribution is 2.26. The van der Waals surface area contributed by atoms with Gasteiger partial charge in [0.15, 0.2) is 5.76 Å². The highest BCUT2D eigenvalue weighted by molar-refractivity contribution is 5.92. The molecule has 1 amide bonds. The van der Waals surface area contributed by atoms with Gasteiger partial charge in [0.2, 0.25) is 0 Å². The average Bonchev–Trinajstić information content (AvgIpc) is 3.31. The maximum Gasteiger partial charge on any atom is 0.327 e. The Kier molecular flexibility index (Phi) is 6.32. The summed E-state index contributed by atoms with van der Waals surface area (Å²) < 4.78 is 37.1. The number of benzene rings is 2. The summed E-state index contributed by atoms with van der Waals surface area (Å²) in [6, 6.07) is 14.2. The molecule has 0 saturated carbocycles. The second-order valence-electron chi connectivity index (χ2n) is 7.48. The van der Waals surface area contributed by atoms with E-state index in [1.165, 1.54) is 31.4 Å². The lowest BCUT2D eigenvalue weighted by Gasteiger charge is -2.38. The van der Waals surface area contributed by atoms with Crippen LogP contribution in [0.5, 0.6) is 0 Å². The van der Waals surface area contributed by atoms with Crippen LogP contribution >= 0.6 is 0 Å². The fraction of sp³-hybridized carbons (Fsp3) is 0.250. The lowest BCUT2D eigenvalue weighted by Crippen LogP contribution is -2.51. The minimum absolute atomic E-state index is 0.195. The summed E-state index contributed by atoms with van der Waals surface area (Å²) in [5.41, 5.74) is 1.31. The number of methoxy groups -OCH3 is 1. The van der Waals surface area contributed by atoms with Crippen LogP contribution in [0.15, 0.2) is 65.1 Å². The predicted octanol–water partition coefficient (Wildman–Crippen LogP) is 3.90. The number of piperazine rings is 1. The number of hydrogen-bond acceptors (Lipinski definition) is 5. The Labute approximate surface area is 184 Å². The standard InChI is InChI=1S/C24H22F2N2O4/c1-31-24(30)22(17-4-8-19(26)9-5-17)27-12-14-28(15-13-27)23(29)21-11-10-20(32-21)16-2-6-18(25)7-3-16/h2-11,22H,12-15H2,1H3/t22-/m0/s1. The quantitative estimate of drug-likeness (QED) is 0.564. The van der Waals surface area contributed by atoms with Crippen LogP contribution in [0.2, 0.25) is 0 Å². The molecule has 6 nitrogen and oxygen atoms in total. The van der Waals surface area contributed by atoms with Gasteiger partial charge in [-0.15, -0.1) is 0 Å². The Balaban J connectivity index is 1.43. The van der Waals surface area contributed by atoms with Crippen LogP contribution in [0.4, 0.5) is 8.78 Å². The van der Waals surface area contributed by atoms with E-state index in [9.17, 15) is 18.4 Å². The SMILES string of the molecule is COC(=O)[C@H](c1ccc(F)cc1)N1CCN(C(=O)c2ccc(-c3ccc(F)cc3)o2)CC1. The molecule has 1 aliphatic heterocycles. The summed E-state index contributed by atoms with van der Waals surface area (Å²) in [4.78, 5) is 28.9. The maximum atomic E-state index is 13.3. The number of carbonyl (C=O) groups is 2. The Bertz CT molecular complexity index is 1090. The molecule has 1 saturated heterocycles. The average molecular weight is 440 g/mol. The molecule has 0 spiro atoms. The molecule has 1 aromatic heterocycles. The monoisotopic (exact) mass is 440 g/mol. The molecule has 1 atom stereocenters. The van der Waals surface area contributed by atoms with E-state index in [4.69, 9.17) is 9.15 Å². The third kappa shape index (κ3) is 4.55. The van der Waals surface area contributed by atoms with Gasteiger partial charge in [-0.3, -0.25) is 9.69 Å². The van der Waals surface area contributed by atoms with Gasteiger partial charge in [0.05, 0.1) is 7.11 Å². The van der Waals surface area contributed by atoms with E-state index in [0.29, 0.717) is 43.1 Å². The van der Waals surface area contributed by atoms with E-state index < -0.39 is 12.0 Å². The van der Waals surface area contributed by atoms with Crippen molar-refractivity contribution in [2.45, 2.75) is 6.04 Å². The van der Waals surface area contributed by atoms with E-state index in [1.807, 2.05) is 4.90 Å². The molecule has 0 unspecified atom stereocenters. The molecular weight excluding hydrogens is 418 g/mol. The molecule has 32 heavy (non-hydrogen) atoms. The molecule has 1 fully saturated rings. The van der Waals surface area contributed by atoms with E-state index in [-0.39, 0.29) is 23.3 Å². The zero-order chi connectivity index (χ0) is 22.7. The van der Waals surface area contributed by atoms with Crippen LogP contribution in [0.3, 0.4) is 0 Å². The van der Waals surface area contributed by atoms with Crippen LogP contribution in [0, 0.1) is 11.6 Å². The van der Waals surface area contributed by atoms with Crippen molar-refractivity contribution in [1.82, 2.24) is 9.80 Å². The second kappa shape index (κ2) is 9.32. The van der Waals surface area contributed by atoms with Crippen LogP contribution in [-0.4, -0.2) is 55.0 Å². The van der Waals surface area contributed by atoms with Crippen molar-refractivity contribution in [3.05, 3.63) is 83.6 Å². The first-order valence-electron chi connectivity index (χ1n) is 10.2. The Morgan fingerprint density at radius 3 is 2.06 bits per heavy atom. The normalized spacial score (nSPS) is 15.4. The van der Waals surface area contributed by atoms with Crippen molar-refractivity contribution in [3.63, 3.8) is 0 Å². The zero-order valence-electron chi connectivity index (χ0n) is 17.5. The van der Waals surface area contributed by atoms with Crippen LogP contribution in [0.1, 0.15) is 22.2 Å². The summed E-state index contributed by atoms with van der Waals surface area (Å²) in [7, 11) is 1.31. The number of esters is 1. The number of furan rings is 1. The molecule has 1 aliphatic rings. The first-order valence-corrected chi connectivity index (χ1v) is 10.2. The third-order valence-corrected chi connectivity index (χ3v) is 5.52. The van der Waals surface area contributed by atoms with Gasteiger partial charge in [-0.05, 0) is 54.1 Å². The summed E-state index contributed by atoms with van der Waals surface area (Å²) in [6.45, 7) is 1.66. The Morgan fingerprint density at radius 2 is 1.47 bits per heavy atom. The number of ether oxygens (including phenoxy) is 1. The van der Waals surface area contributed by atoms with Crippen molar-refractivity contribution in [1.29, 1.82) is 0 Å². The minimum atomic E-state index is -0.674. The van der Waals surface area contributed by atoms with Gasteiger partial charge in [-0.1, -0.05) is 12.1 Å². The number of carbonyl (C=O) groups excluding carboxylic acids is 2. The molecule has 4 rings (SSSR count). The van der Waals surface area contributed by atoms with Crippen LogP contribution < -0.4 is 0 Å². The summed E-state index contributed by atoms with van der Waals surface area (Å²) in [5.74, 6) is -0.748. The van der Waals surface area contributed by atoms with E-state index >= 15 is 0 Å².